The second kappa shape index (κ2) is 9.23. The molecule has 3 amide bonds. The number of amides is 3. The lowest BCUT2D eigenvalue weighted by Gasteiger charge is -2.09. The molecule has 0 aromatic heterocycles. The zero-order valence-electron chi connectivity index (χ0n) is 14.7. The van der Waals surface area contributed by atoms with Crippen LogP contribution in [-0.2, 0) is 6.54 Å². The van der Waals surface area contributed by atoms with Crippen LogP contribution in [0.1, 0.15) is 21.5 Å². The van der Waals surface area contributed by atoms with Gasteiger partial charge in [0.15, 0.2) is 0 Å². The SMILES string of the molecule is CN(C)C(=O)c1ccc(C#CCNC(=O)NCc2ccc(F)cc2)cc1. The fourth-order valence-corrected chi connectivity index (χ4v) is 2.07. The van der Waals surface area contributed by atoms with Crippen molar-refractivity contribution in [3.05, 3.63) is 71.0 Å². The third-order valence-corrected chi connectivity index (χ3v) is 3.47. The van der Waals surface area contributed by atoms with Crippen LogP contribution in [0.15, 0.2) is 48.5 Å². The highest BCUT2D eigenvalue weighted by molar-refractivity contribution is 5.93. The van der Waals surface area contributed by atoms with Gasteiger partial charge >= 0.3 is 6.03 Å². The van der Waals surface area contributed by atoms with E-state index in [0.717, 1.165) is 11.1 Å². The smallest absolute Gasteiger partial charge is 0.315 e. The highest BCUT2D eigenvalue weighted by atomic mass is 19.1. The predicted octanol–water partition coefficient (Wildman–Crippen LogP) is 2.38. The van der Waals surface area contributed by atoms with Crippen molar-refractivity contribution < 1.29 is 14.0 Å². The van der Waals surface area contributed by atoms with Gasteiger partial charge in [-0.25, -0.2) is 9.18 Å². The molecule has 5 nitrogen and oxygen atoms in total. The van der Waals surface area contributed by atoms with Gasteiger partial charge in [0, 0.05) is 31.8 Å². The maximum Gasteiger partial charge on any atom is 0.315 e. The van der Waals surface area contributed by atoms with Crippen LogP contribution >= 0.6 is 0 Å². The van der Waals surface area contributed by atoms with Crippen molar-refractivity contribution in [2.45, 2.75) is 6.54 Å². The van der Waals surface area contributed by atoms with Crippen LogP contribution in [0, 0.1) is 17.7 Å². The molecule has 0 atom stereocenters. The minimum Gasteiger partial charge on any atom is -0.345 e. The second-order valence-electron chi connectivity index (χ2n) is 5.74. The lowest BCUT2D eigenvalue weighted by molar-refractivity contribution is 0.0827. The Morgan fingerprint density at radius 1 is 1.00 bits per heavy atom. The molecule has 2 rings (SSSR count). The minimum absolute atomic E-state index is 0.0657. The predicted molar refractivity (Wildman–Crippen MR) is 98.0 cm³/mol. The van der Waals surface area contributed by atoms with Crippen LogP contribution in [0.3, 0.4) is 0 Å². The number of nitrogens with one attached hydrogen (secondary N) is 2. The molecule has 0 aliphatic heterocycles. The first kappa shape index (κ1) is 19.0. The average molecular weight is 353 g/mol. The topological polar surface area (TPSA) is 61.4 Å². The molecule has 0 saturated carbocycles. The third kappa shape index (κ3) is 5.95. The first-order chi connectivity index (χ1) is 12.5. The Kier molecular flexibility index (Phi) is 6.75. The zero-order chi connectivity index (χ0) is 18.9. The number of halogens is 1. The Labute approximate surface area is 152 Å². The Balaban J connectivity index is 1.76. The van der Waals surface area contributed by atoms with E-state index in [9.17, 15) is 14.0 Å². The molecule has 0 bridgehead atoms. The molecule has 0 aliphatic rings. The Morgan fingerprint density at radius 2 is 1.65 bits per heavy atom. The van der Waals surface area contributed by atoms with E-state index in [-0.39, 0.29) is 24.3 Å². The highest BCUT2D eigenvalue weighted by Gasteiger charge is 2.06. The van der Waals surface area contributed by atoms with E-state index < -0.39 is 0 Å². The quantitative estimate of drug-likeness (QED) is 0.829. The maximum atomic E-state index is 12.8. The number of carbonyl (C=O) groups is 2. The molecule has 26 heavy (non-hydrogen) atoms. The molecule has 0 spiro atoms. The summed E-state index contributed by atoms with van der Waals surface area (Å²) in [6, 6.07) is 12.5. The van der Waals surface area contributed by atoms with E-state index in [1.165, 1.54) is 17.0 Å². The van der Waals surface area contributed by atoms with E-state index in [1.807, 2.05) is 0 Å². The lowest BCUT2D eigenvalue weighted by atomic mass is 10.1. The number of carbonyl (C=O) groups excluding carboxylic acids is 2. The summed E-state index contributed by atoms with van der Waals surface area (Å²) in [6.07, 6.45) is 0. The van der Waals surface area contributed by atoms with Crippen molar-refractivity contribution in [1.29, 1.82) is 0 Å². The minimum atomic E-state index is -0.351. The summed E-state index contributed by atoms with van der Waals surface area (Å²) in [5, 5.41) is 5.29. The van der Waals surface area contributed by atoms with Gasteiger partial charge in [-0.05, 0) is 42.0 Å². The number of benzene rings is 2. The van der Waals surface area contributed by atoms with E-state index >= 15 is 0 Å². The van der Waals surface area contributed by atoms with Crippen LogP contribution in [0.5, 0.6) is 0 Å². The summed E-state index contributed by atoms with van der Waals surface area (Å²) in [5.74, 6) is 5.38. The number of hydrogen-bond acceptors (Lipinski definition) is 2. The van der Waals surface area contributed by atoms with Crippen molar-refractivity contribution in [2.75, 3.05) is 20.6 Å². The zero-order valence-corrected chi connectivity index (χ0v) is 14.7. The summed E-state index contributed by atoms with van der Waals surface area (Å²) in [7, 11) is 3.39. The fraction of sp³-hybridized carbons (Fsp3) is 0.200. The molecule has 0 unspecified atom stereocenters. The highest BCUT2D eigenvalue weighted by Crippen LogP contribution is 2.05. The molecule has 0 saturated heterocycles. The number of urea groups is 1. The molecule has 2 N–H and O–H groups in total. The van der Waals surface area contributed by atoms with E-state index in [4.69, 9.17) is 0 Å². The molecule has 2 aromatic carbocycles. The molecule has 6 heteroatoms. The summed E-state index contributed by atoms with van der Waals surface area (Å²) in [6.45, 7) is 0.495. The van der Waals surface area contributed by atoms with Gasteiger partial charge in [0.05, 0.1) is 6.54 Å². The van der Waals surface area contributed by atoms with E-state index in [1.54, 1.807) is 50.5 Å². The molecule has 2 aromatic rings. The Hall–Kier alpha value is -3.33. The van der Waals surface area contributed by atoms with Crippen molar-refractivity contribution in [3.63, 3.8) is 0 Å². The van der Waals surface area contributed by atoms with Gasteiger partial charge in [0.2, 0.25) is 0 Å². The monoisotopic (exact) mass is 353 g/mol. The van der Waals surface area contributed by atoms with Crippen LogP contribution in [0.25, 0.3) is 0 Å². The normalized spacial score (nSPS) is 9.65. The van der Waals surface area contributed by atoms with Crippen molar-refractivity contribution in [3.8, 4) is 11.8 Å². The summed E-state index contributed by atoms with van der Waals surface area (Å²) in [4.78, 5) is 25.0. The van der Waals surface area contributed by atoms with Gasteiger partial charge in [0.1, 0.15) is 5.82 Å². The van der Waals surface area contributed by atoms with Crippen LogP contribution < -0.4 is 10.6 Å². The van der Waals surface area contributed by atoms with E-state index in [0.29, 0.717) is 12.1 Å². The maximum absolute atomic E-state index is 12.8. The van der Waals surface area contributed by atoms with Crippen LogP contribution in [-0.4, -0.2) is 37.5 Å². The van der Waals surface area contributed by atoms with Crippen LogP contribution in [0.2, 0.25) is 0 Å². The van der Waals surface area contributed by atoms with Gasteiger partial charge in [-0.15, -0.1) is 0 Å². The van der Waals surface area contributed by atoms with Crippen molar-refractivity contribution >= 4 is 11.9 Å². The molecular formula is C20H20FN3O2. The van der Waals surface area contributed by atoms with Gasteiger partial charge in [-0.3, -0.25) is 4.79 Å². The molecular weight excluding hydrogens is 333 g/mol. The summed E-state index contributed by atoms with van der Waals surface area (Å²) in [5.41, 5.74) is 2.16. The summed E-state index contributed by atoms with van der Waals surface area (Å²) >= 11 is 0. The molecule has 0 heterocycles. The van der Waals surface area contributed by atoms with Gasteiger partial charge in [-0.2, -0.15) is 0 Å². The van der Waals surface area contributed by atoms with Crippen LogP contribution in [0.4, 0.5) is 9.18 Å². The standard InChI is InChI=1S/C20H20FN3O2/c1-24(2)19(25)17-9-5-15(6-10-17)4-3-13-22-20(26)23-14-16-7-11-18(21)12-8-16/h5-12H,13-14H2,1-2H3,(H2,22,23,26). The number of hydrogen-bond donors (Lipinski definition) is 2. The summed E-state index contributed by atoms with van der Waals surface area (Å²) < 4.78 is 12.8. The van der Waals surface area contributed by atoms with E-state index in [2.05, 4.69) is 22.5 Å². The molecule has 0 radical (unpaired) electrons. The lowest BCUT2D eigenvalue weighted by Crippen LogP contribution is -2.35. The first-order valence-corrected chi connectivity index (χ1v) is 8.02. The Bertz CT molecular complexity index is 819. The van der Waals surface area contributed by atoms with Crippen molar-refractivity contribution in [2.24, 2.45) is 0 Å². The Morgan fingerprint density at radius 3 is 2.27 bits per heavy atom. The molecule has 0 fully saturated rings. The van der Waals surface area contributed by atoms with Gasteiger partial charge in [-0.1, -0.05) is 24.0 Å². The third-order valence-electron chi connectivity index (χ3n) is 3.47. The molecule has 0 aliphatic carbocycles. The van der Waals surface area contributed by atoms with Crippen molar-refractivity contribution in [1.82, 2.24) is 15.5 Å². The second-order valence-corrected chi connectivity index (χ2v) is 5.74. The number of rotatable bonds is 4. The molecule has 134 valence electrons. The average Bonchev–Trinajstić information content (AvgIpc) is 2.64. The fourth-order valence-electron chi connectivity index (χ4n) is 2.07. The largest absolute Gasteiger partial charge is 0.345 e. The first-order valence-electron chi connectivity index (χ1n) is 8.02. The van der Waals surface area contributed by atoms with Gasteiger partial charge < -0.3 is 15.5 Å². The number of nitrogens with zero attached hydrogens (tertiary/aromatic N) is 1. The van der Waals surface area contributed by atoms with Gasteiger partial charge in [0.25, 0.3) is 5.91 Å².